The predicted molar refractivity (Wildman–Crippen MR) is 118 cm³/mol. The van der Waals surface area contributed by atoms with Crippen molar-refractivity contribution in [3.05, 3.63) is 34.4 Å². The van der Waals surface area contributed by atoms with Gasteiger partial charge in [0.05, 0.1) is 0 Å². The van der Waals surface area contributed by atoms with Gasteiger partial charge in [-0.3, -0.25) is 4.79 Å². The number of carbonyl (C=O) groups excluding carboxylic acids is 1. The Balaban J connectivity index is 0. The number of carbonyl (C=O) groups is 1. The third kappa shape index (κ3) is 12.6. The van der Waals surface area contributed by atoms with Gasteiger partial charge in [0.2, 0.25) is 0 Å². The number of amides is 1. The van der Waals surface area contributed by atoms with Gasteiger partial charge in [0.25, 0.3) is 5.91 Å². The highest BCUT2D eigenvalue weighted by atomic mass is 19.1. The predicted octanol–water partition coefficient (Wildman–Crippen LogP) is 7.65. The topological polar surface area (TPSA) is 29.1 Å². The summed E-state index contributed by atoms with van der Waals surface area (Å²) in [6.07, 6.45) is 7.27. The molecule has 0 unspecified atom stereocenters. The van der Waals surface area contributed by atoms with Crippen molar-refractivity contribution in [3.63, 3.8) is 0 Å². The summed E-state index contributed by atoms with van der Waals surface area (Å²) in [5, 5.41) is 2.86. The van der Waals surface area contributed by atoms with E-state index in [1.807, 2.05) is 19.9 Å². The Kier molecular flexibility index (Phi) is 16.1. The zero-order chi connectivity index (χ0) is 21.5. The highest BCUT2D eigenvalue weighted by Crippen LogP contribution is 2.30. The first-order chi connectivity index (χ1) is 12.6. The van der Waals surface area contributed by atoms with Crippen molar-refractivity contribution in [1.29, 1.82) is 0 Å². The largest absolute Gasteiger partial charge is 0.352 e. The second-order valence-electron chi connectivity index (χ2n) is 7.55. The SMILES string of the molecule is CCCC.CCCC.CCCCNC(=O)c1cc(C)c(C)c(C(C)(C)F)c1. The van der Waals surface area contributed by atoms with Gasteiger partial charge in [0, 0.05) is 12.1 Å². The lowest BCUT2D eigenvalue weighted by atomic mass is 9.90. The summed E-state index contributed by atoms with van der Waals surface area (Å²) in [5.74, 6) is -0.123. The van der Waals surface area contributed by atoms with Crippen molar-refractivity contribution in [2.75, 3.05) is 6.54 Å². The summed E-state index contributed by atoms with van der Waals surface area (Å²) >= 11 is 0. The molecule has 0 saturated carbocycles. The molecule has 3 heteroatoms. The minimum Gasteiger partial charge on any atom is -0.352 e. The molecule has 158 valence electrons. The summed E-state index contributed by atoms with van der Waals surface area (Å²) in [6.45, 7) is 18.3. The second kappa shape index (κ2) is 15.7. The van der Waals surface area contributed by atoms with Crippen LogP contribution >= 0.6 is 0 Å². The van der Waals surface area contributed by atoms with Gasteiger partial charge in [-0.25, -0.2) is 4.39 Å². The van der Waals surface area contributed by atoms with Crippen LogP contribution in [0.3, 0.4) is 0 Å². The maximum absolute atomic E-state index is 14.2. The minimum atomic E-state index is -1.44. The lowest BCUT2D eigenvalue weighted by Crippen LogP contribution is -2.25. The van der Waals surface area contributed by atoms with Gasteiger partial charge in [-0.2, -0.15) is 0 Å². The summed E-state index contributed by atoms with van der Waals surface area (Å²) in [5.41, 5.74) is 1.56. The molecule has 0 heterocycles. The highest BCUT2D eigenvalue weighted by Gasteiger charge is 2.23. The van der Waals surface area contributed by atoms with Crippen LogP contribution in [0.1, 0.15) is 114 Å². The van der Waals surface area contributed by atoms with Crippen LogP contribution in [0.5, 0.6) is 0 Å². The molecular weight excluding hydrogens is 337 g/mol. The monoisotopic (exact) mass is 381 g/mol. The molecular formula is C24H44FNO. The molecule has 27 heavy (non-hydrogen) atoms. The van der Waals surface area contributed by atoms with E-state index >= 15 is 0 Å². The Hall–Kier alpha value is -1.38. The van der Waals surface area contributed by atoms with Crippen LogP contribution in [0, 0.1) is 13.8 Å². The molecule has 0 saturated heterocycles. The number of aryl methyl sites for hydroxylation is 1. The molecule has 1 rings (SSSR count). The number of halogens is 1. The van der Waals surface area contributed by atoms with Gasteiger partial charge >= 0.3 is 0 Å². The van der Waals surface area contributed by atoms with Crippen molar-refractivity contribution in [3.8, 4) is 0 Å². The Labute approximate surface area is 168 Å². The number of benzene rings is 1. The van der Waals surface area contributed by atoms with Crippen LogP contribution in [-0.2, 0) is 5.67 Å². The van der Waals surface area contributed by atoms with Crippen molar-refractivity contribution >= 4 is 5.91 Å². The molecule has 0 aromatic heterocycles. The number of hydrogen-bond donors (Lipinski definition) is 1. The molecule has 0 aliphatic rings. The van der Waals surface area contributed by atoms with Crippen molar-refractivity contribution in [2.24, 2.45) is 0 Å². The van der Waals surface area contributed by atoms with Crippen LogP contribution in [0.15, 0.2) is 12.1 Å². The van der Waals surface area contributed by atoms with E-state index in [1.165, 1.54) is 39.5 Å². The number of hydrogen-bond acceptors (Lipinski definition) is 1. The van der Waals surface area contributed by atoms with E-state index in [4.69, 9.17) is 0 Å². The highest BCUT2D eigenvalue weighted by molar-refractivity contribution is 5.94. The average molecular weight is 382 g/mol. The van der Waals surface area contributed by atoms with Crippen molar-refractivity contribution in [2.45, 2.75) is 107 Å². The quantitative estimate of drug-likeness (QED) is 0.483. The lowest BCUT2D eigenvalue weighted by molar-refractivity contribution is 0.0952. The third-order valence-corrected chi connectivity index (χ3v) is 4.39. The molecule has 0 aliphatic heterocycles. The van der Waals surface area contributed by atoms with Crippen LogP contribution in [-0.4, -0.2) is 12.5 Å². The zero-order valence-electron chi connectivity index (χ0n) is 19.4. The Bertz CT molecular complexity index is 510. The normalized spacial score (nSPS) is 10.3. The molecule has 0 bridgehead atoms. The fourth-order valence-corrected chi connectivity index (χ4v) is 2.09. The van der Waals surface area contributed by atoms with Gasteiger partial charge in [0.15, 0.2) is 0 Å². The van der Waals surface area contributed by atoms with E-state index in [1.54, 1.807) is 6.07 Å². The Morgan fingerprint density at radius 2 is 1.41 bits per heavy atom. The lowest BCUT2D eigenvalue weighted by Gasteiger charge is -2.20. The van der Waals surface area contributed by atoms with Crippen LogP contribution in [0.2, 0.25) is 0 Å². The van der Waals surface area contributed by atoms with Crippen LogP contribution < -0.4 is 5.32 Å². The molecule has 0 atom stereocenters. The third-order valence-electron chi connectivity index (χ3n) is 4.39. The van der Waals surface area contributed by atoms with Gasteiger partial charge in [-0.1, -0.05) is 66.7 Å². The van der Waals surface area contributed by atoms with Crippen LogP contribution in [0.4, 0.5) is 4.39 Å². The van der Waals surface area contributed by atoms with Gasteiger partial charge in [0.1, 0.15) is 5.67 Å². The first-order valence-corrected chi connectivity index (χ1v) is 10.7. The zero-order valence-corrected chi connectivity index (χ0v) is 19.4. The number of nitrogens with one attached hydrogen (secondary N) is 1. The Morgan fingerprint density at radius 3 is 1.78 bits per heavy atom. The fraction of sp³-hybridized carbons (Fsp3) is 0.708. The summed E-state index contributed by atoms with van der Waals surface area (Å²) < 4.78 is 14.2. The second-order valence-corrected chi connectivity index (χ2v) is 7.55. The van der Waals surface area contributed by atoms with Crippen LogP contribution in [0.25, 0.3) is 0 Å². The molecule has 0 radical (unpaired) electrons. The molecule has 1 N–H and O–H groups in total. The first-order valence-electron chi connectivity index (χ1n) is 10.7. The molecule has 1 aromatic rings. The number of unbranched alkanes of at least 4 members (excludes halogenated alkanes) is 3. The summed E-state index contributed by atoms with van der Waals surface area (Å²) in [4.78, 5) is 12.0. The molecule has 0 aliphatic carbocycles. The Morgan fingerprint density at radius 1 is 0.926 bits per heavy atom. The molecule has 1 aromatic carbocycles. The first kappa shape index (κ1) is 27.8. The number of alkyl halides is 1. The van der Waals surface area contributed by atoms with Gasteiger partial charge < -0.3 is 5.32 Å². The molecule has 0 spiro atoms. The van der Waals surface area contributed by atoms with E-state index in [-0.39, 0.29) is 5.91 Å². The van der Waals surface area contributed by atoms with Crippen molar-refractivity contribution in [1.82, 2.24) is 5.32 Å². The van der Waals surface area contributed by atoms with Crippen molar-refractivity contribution < 1.29 is 9.18 Å². The summed E-state index contributed by atoms with van der Waals surface area (Å²) in [7, 11) is 0. The maximum Gasteiger partial charge on any atom is 0.251 e. The molecule has 0 fully saturated rings. The average Bonchev–Trinajstić information content (AvgIpc) is 2.63. The number of rotatable bonds is 7. The van der Waals surface area contributed by atoms with Gasteiger partial charge in [-0.15, -0.1) is 0 Å². The fourth-order valence-electron chi connectivity index (χ4n) is 2.09. The molecule has 2 nitrogen and oxygen atoms in total. The standard InChI is InChI=1S/C16H24FNO.2C4H10/c1-6-7-8-18-15(19)13-9-11(2)12(3)14(10-13)16(4,5)17;2*1-3-4-2/h9-10H,6-8H2,1-5H3,(H,18,19);2*3-4H2,1-2H3. The van der Waals surface area contributed by atoms with E-state index in [0.29, 0.717) is 17.7 Å². The van der Waals surface area contributed by atoms with E-state index in [0.717, 1.165) is 24.0 Å². The molecule has 1 amide bonds. The van der Waals surface area contributed by atoms with E-state index in [2.05, 4.69) is 39.9 Å². The van der Waals surface area contributed by atoms with E-state index < -0.39 is 5.67 Å². The van der Waals surface area contributed by atoms with E-state index in [9.17, 15) is 9.18 Å². The van der Waals surface area contributed by atoms with Gasteiger partial charge in [-0.05, 0) is 62.9 Å². The smallest absolute Gasteiger partial charge is 0.251 e. The maximum atomic E-state index is 14.2. The summed E-state index contributed by atoms with van der Waals surface area (Å²) in [6, 6.07) is 3.50. The minimum absolute atomic E-state index is 0.123.